The predicted molar refractivity (Wildman–Crippen MR) is 130 cm³/mol. The summed E-state index contributed by atoms with van der Waals surface area (Å²) in [5.41, 5.74) is 1.32. The van der Waals surface area contributed by atoms with Crippen molar-refractivity contribution >= 4 is 33.6 Å². The van der Waals surface area contributed by atoms with Gasteiger partial charge in [-0.25, -0.2) is 9.18 Å². The normalized spacial score (nSPS) is 11.1. The SMILES string of the molecule is COCCN(Cc1cccc(OS(=O)(=O)c2ccc(F)cc2)c1)C(=O)Nc1ccc(SC)cc1. The second kappa shape index (κ2) is 11.9. The van der Waals surface area contributed by atoms with Gasteiger partial charge in [-0.15, -0.1) is 11.8 Å². The number of rotatable bonds is 10. The van der Waals surface area contributed by atoms with E-state index < -0.39 is 15.9 Å². The van der Waals surface area contributed by atoms with E-state index in [1.165, 1.54) is 6.07 Å². The summed E-state index contributed by atoms with van der Waals surface area (Å²) in [5.74, 6) is -0.461. The van der Waals surface area contributed by atoms with Crippen LogP contribution in [0.4, 0.5) is 14.9 Å². The van der Waals surface area contributed by atoms with Crippen LogP contribution >= 0.6 is 11.8 Å². The number of halogens is 1. The van der Waals surface area contributed by atoms with Gasteiger partial charge in [0.1, 0.15) is 16.5 Å². The number of urea groups is 1. The molecule has 0 aliphatic carbocycles. The molecular weight excluding hydrogens is 479 g/mol. The third kappa shape index (κ3) is 7.21. The van der Waals surface area contributed by atoms with Crippen LogP contribution in [-0.2, 0) is 21.4 Å². The number of carbonyl (C=O) groups is 1. The molecule has 0 aromatic heterocycles. The van der Waals surface area contributed by atoms with Crippen LogP contribution in [0.5, 0.6) is 5.75 Å². The van der Waals surface area contributed by atoms with Gasteiger partial charge in [0.25, 0.3) is 0 Å². The van der Waals surface area contributed by atoms with Gasteiger partial charge >= 0.3 is 16.1 Å². The number of hydrogen-bond donors (Lipinski definition) is 1. The summed E-state index contributed by atoms with van der Waals surface area (Å²) in [7, 11) is -2.59. The quantitative estimate of drug-likeness (QED) is 0.309. The minimum absolute atomic E-state index is 0.0848. The van der Waals surface area contributed by atoms with E-state index in [-0.39, 0.29) is 23.2 Å². The Morgan fingerprint density at radius 2 is 1.76 bits per heavy atom. The smallest absolute Gasteiger partial charge is 0.339 e. The van der Waals surface area contributed by atoms with Crippen LogP contribution in [0.2, 0.25) is 0 Å². The number of nitrogens with zero attached hydrogens (tertiary/aromatic N) is 1. The topological polar surface area (TPSA) is 84.9 Å². The van der Waals surface area contributed by atoms with Crippen LogP contribution in [0.25, 0.3) is 0 Å². The van der Waals surface area contributed by atoms with Crippen molar-refractivity contribution in [2.24, 2.45) is 0 Å². The highest BCUT2D eigenvalue weighted by Crippen LogP contribution is 2.22. The number of thioether (sulfide) groups is 1. The molecule has 0 saturated heterocycles. The molecule has 3 rings (SSSR count). The Bertz CT molecular complexity index is 1200. The summed E-state index contributed by atoms with van der Waals surface area (Å²) in [6.07, 6.45) is 1.98. The molecule has 7 nitrogen and oxygen atoms in total. The molecule has 2 amide bonds. The molecule has 3 aromatic carbocycles. The number of amides is 2. The minimum Gasteiger partial charge on any atom is -0.383 e. The predicted octanol–water partition coefficient (Wildman–Crippen LogP) is 5.00. The van der Waals surface area contributed by atoms with Crippen molar-refractivity contribution in [3.05, 3.63) is 84.2 Å². The van der Waals surface area contributed by atoms with Gasteiger partial charge < -0.3 is 19.1 Å². The van der Waals surface area contributed by atoms with Gasteiger partial charge in [0.2, 0.25) is 0 Å². The molecule has 0 aliphatic rings. The number of anilines is 1. The molecule has 0 heterocycles. The highest BCUT2D eigenvalue weighted by molar-refractivity contribution is 7.98. The van der Waals surface area contributed by atoms with Crippen LogP contribution in [-0.4, -0.2) is 45.9 Å². The second-order valence-electron chi connectivity index (χ2n) is 7.21. The number of ether oxygens (including phenoxy) is 1. The molecular formula is C24H25FN2O5S2. The van der Waals surface area contributed by atoms with E-state index in [9.17, 15) is 17.6 Å². The largest absolute Gasteiger partial charge is 0.383 e. The second-order valence-corrected chi connectivity index (χ2v) is 9.64. The van der Waals surface area contributed by atoms with Crippen LogP contribution in [0, 0.1) is 5.82 Å². The Kier molecular flexibility index (Phi) is 8.91. The Morgan fingerprint density at radius 3 is 2.41 bits per heavy atom. The maximum atomic E-state index is 13.1. The van der Waals surface area contributed by atoms with E-state index in [1.54, 1.807) is 42.0 Å². The minimum atomic E-state index is -4.13. The Labute approximate surface area is 203 Å². The highest BCUT2D eigenvalue weighted by Gasteiger charge is 2.18. The molecule has 0 bridgehead atoms. The number of nitrogens with one attached hydrogen (secondary N) is 1. The average Bonchev–Trinajstić information content (AvgIpc) is 2.82. The summed E-state index contributed by atoms with van der Waals surface area (Å²) in [5, 5.41) is 2.87. The number of hydrogen-bond acceptors (Lipinski definition) is 6. The zero-order valence-corrected chi connectivity index (χ0v) is 20.4. The van der Waals surface area contributed by atoms with Crippen molar-refractivity contribution in [2.45, 2.75) is 16.3 Å². The molecule has 34 heavy (non-hydrogen) atoms. The van der Waals surface area contributed by atoms with Crippen molar-refractivity contribution in [1.29, 1.82) is 0 Å². The zero-order valence-electron chi connectivity index (χ0n) is 18.7. The van der Waals surface area contributed by atoms with Gasteiger partial charge in [-0.3, -0.25) is 0 Å². The molecule has 1 N–H and O–H groups in total. The first-order valence-electron chi connectivity index (χ1n) is 10.3. The van der Waals surface area contributed by atoms with E-state index in [4.69, 9.17) is 8.92 Å². The van der Waals surface area contributed by atoms with Crippen molar-refractivity contribution in [2.75, 3.05) is 31.8 Å². The third-order valence-corrected chi connectivity index (χ3v) is 6.78. The van der Waals surface area contributed by atoms with Gasteiger partial charge in [0.15, 0.2) is 0 Å². The fourth-order valence-electron chi connectivity index (χ4n) is 3.02. The monoisotopic (exact) mass is 504 g/mol. The van der Waals surface area contributed by atoms with E-state index >= 15 is 0 Å². The molecule has 10 heteroatoms. The fraction of sp³-hybridized carbons (Fsp3) is 0.208. The zero-order chi connectivity index (χ0) is 24.6. The Balaban J connectivity index is 1.73. The van der Waals surface area contributed by atoms with Gasteiger partial charge in [-0.1, -0.05) is 12.1 Å². The number of benzene rings is 3. The lowest BCUT2D eigenvalue weighted by atomic mass is 10.2. The number of carbonyl (C=O) groups excluding carboxylic acids is 1. The first-order chi connectivity index (χ1) is 16.3. The van der Waals surface area contributed by atoms with E-state index in [0.29, 0.717) is 24.4 Å². The van der Waals surface area contributed by atoms with Crippen molar-refractivity contribution < 1.29 is 26.5 Å². The summed E-state index contributed by atoms with van der Waals surface area (Å²) in [6, 6.07) is 18.0. The molecule has 3 aromatic rings. The lowest BCUT2D eigenvalue weighted by molar-refractivity contribution is 0.153. The van der Waals surface area contributed by atoms with Crippen LogP contribution in [0.3, 0.4) is 0 Å². The molecule has 0 unspecified atom stereocenters. The molecule has 0 fully saturated rings. The molecule has 0 radical (unpaired) electrons. The standard InChI is InChI=1S/C24H25FN2O5S2/c1-31-15-14-27(24(28)26-20-8-10-22(33-2)11-9-20)17-18-4-3-5-21(16-18)32-34(29,30)23-12-6-19(25)7-13-23/h3-13,16H,14-15,17H2,1-2H3,(H,26,28). The fourth-order valence-corrected chi connectivity index (χ4v) is 4.35. The molecule has 0 saturated carbocycles. The molecule has 180 valence electrons. The lowest BCUT2D eigenvalue weighted by Crippen LogP contribution is -2.36. The van der Waals surface area contributed by atoms with Crippen molar-refractivity contribution in [1.82, 2.24) is 4.90 Å². The van der Waals surface area contributed by atoms with Crippen LogP contribution in [0.15, 0.2) is 82.6 Å². The molecule has 0 aliphatic heterocycles. The molecule has 0 atom stereocenters. The summed E-state index contributed by atoms with van der Waals surface area (Å²) >= 11 is 1.61. The Morgan fingerprint density at radius 1 is 1.06 bits per heavy atom. The van der Waals surface area contributed by atoms with E-state index in [1.807, 2.05) is 30.5 Å². The van der Waals surface area contributed by atoms with Gasteiger partial charge in [-0.05, 0) is 72.5 Å². The van der Waals surface area contributed by atoms with Gasteiger partial charge in [0, 0.05) is 30.8 Å². The summed E-state index contributed by atoms with van der Waals surface area (Å²) < 4.78 is 48.5. The number of methoxy groups -OCH3 is 1. The summed E-state index contributed by atoms with van der Waals surface area (Å²) in [6.45, 7) is 0.851. The van der Waals surface area contributed by atoms with Crippen LogP contribution < -0.4 is 9.50 Å². The molecule has 0 spiro atoms. The van der Waals surface area contributed by atoms with Crippen LogP contribution in [0.1, 0.15) is 5.56 Å². The lowest BCUT2D eigenvalue weighted by Gasteiger charge is -2.23. The Hall–Kier alpha value is -3.08. The van der Waals surface area contributed by atoms with Crippen molar-refractivity contribution in [3.63, 3.8) is 0 Å². The maximum absolute atomic E-state index is 13.1. The van der Waals surface area contributed by atoms with Gasteiger partial charge in [-0.2, -0.15) is 8.42 Å². The average molecular weight is 505 g/mol. The van der Waals surface area contributed by atoms with Gasteiger partial charge in [0.05, 0.1) is 6.61 Å². The van der Waals surface area contributed by atoms with E-state index in [2.05, 4.69) is 5.32 Å². The van der Waals surface area contributed by atoms with Crippen molar-refractivity contribution in [3.8, 4) is 5.75 Å². The first kappa shape index (κ1) is 25.5. The maximum Gasteiger partial charge on any atom is 0.339 e. The summed E-state index contributed by atoms with van der Waals surface area (Å²) in [4.78, 5) is 15.4. The van der Waals surface area contributed by atoms with E-state index in [0.717, 1.165) is 29.2 Å². The third-order valence-electron chi connectivity index (χ3n) is 4.77. The first-order valence-corrected chi connectivity index (χ1v) is 12.9. The highest BCUT2D eigenvalue weighted by atomic mass is 32.2.